The second-order valence-corrected chi connectivity index (χ2v) is 3.91. The second kappa shape index (κ2) is 6.96. The summed E-state index contributed by atoms with van der Waals surface area (Å²) in [6, 6.07) is 1.10. The molecule has 2 N–H and O–H groups in total. The van der Waals surface area contributed by atoms with Crippen molar-refractivity contribution in [3.05, 3.63) is 29.8 Å². The average Bonchev–Trinajstić information content (AvgIpc) is 2.33. The zero-order chi connectivity index (χ0) is 12.7. The molecule has 1 aromatic heterocycles. The first kappa shape index (κ1) is 13.6. The Morgan fingerprint density at radius 2 is 2.29 bits per heavy atom. The van der Waals surface area contributed by atoms with Crippen molar-refractivity contribution in [3.8, 4) is 0 Å². The lowest BCUT2D eigenvalue weighted by molar-refractivity contribution is -0.122. The smallest absolute Gasteiger partial charge is 0.236 e. The SMILES string of the molecule is CCCNC(=O)C(C)NCc1cncc(F)c1. The van der Waals surface area contributed by atoms with Crippen LogP contribution in [0.4, 0.5) is 4.39 Å². The molecule has 0 saturated heterocycles. The molecular weight excluding hydrogens is 221 g/mol. The molecule has 1 atom stereocenters. The molecule has 0 aromatic carbocycles. The molecule has 4 nitrogen and oxygen atoms in total. The third kappa shape index (κ3) is 4.91. The number of nitrogens with zero attached hydrogens (tertiary/aromatic N) is 1. The standard InChI is InChI=1S/C12H18FN3O/c1-3-4-15-12(17)9(2)16-7-10-5-11(13)8-14-6-10/h5-6,8-9,16H,3-4,7H2,1-2H3,(H,15,17). The van der Waals surface area contributed by atoms with E-state index in [1.165, 1.54) is 6.07 Å². The van der Waals surface area contributed by atoms with Crippen LogP contribution >= 0.6 is 0 Å². The summed E-state index contributed by atoms with van der Waals surface area (Å²) in [5.74, 6) is -0.413. The van der Waals surface area contributed by atoms with Crippen LogP contribution in [0, 0.1) is 5.82 Å². The first-order chi connectivity index (χ1) is 8.13. The zero-order valence-electron chi connectivity index (χ0n) is 10.2. The normalized spacial score (nSPS) is 12.2. The molecule has 1 unspecified atom stereocenters. The maximum Gasteiger partial charge on any atom is 0.236 e. The minimum Gasteiger partial charge on any atom is -0.355 e. The predicted octanol–water partition coefficient (Wildman–Crippen LogP) is 1.22. The highest BCUT2D eigenvalue weighted by Gasteiger charge is 2.10. The van der Waals surface area contributed by atoms with E-state index in [1.54, 1.807) is 13.1 Å². The van der Waals surface area contributed by atoms with Crippen LogP contribution < -0.4 is 10.6 Å². The van der Waals surface area contributed by atoms with E-state index in [-0.39, 0.29) is 17.8 Å². The van der Waals surface area contributed by atoms with Gasteiger partial charge in [0.2, 0.25) is 5.91 Å². The minimum absolute atomic E-state index is 0.0452. The molecule has 1 aromatic rings. The van der Waals surface area contributed by atoms with Crippen LogP contribution in [-0.4, -0.2) is 23.5 Å². The Balaban J connectivity index is 2.37. The Hall–Kier alpha value is -1.49. The van der Waals surface area contributed by atoms with E-state index in [1.807, 2.05) is 6.92 Å². The fraction of sp³-hybridized carbons (Fsp3) is 0.500. The molecule has 0 bridgehead atoms. The Bertz CT molecular complexity index is 371. The summed E-state index contributed by atoms with van der Waals surface area (Å²) < 4.78 is 12.8. The number of halogens is 1. The van der Waals surface area contributed by atoms with Crippen LogP contribution in [0.15, 0.2) is 18.5 Å². The lowest BCUT2D eigenvalue weighted by Crippen LogP contribution is -2.42. The van der Waals surface area contributed by atoms with Crippen LogP contribution in [0.5, 0.6) is 0 Å². The van der Waals surface area contributed by atoms with Crippen LogP contribution in [0.1, 0.15) is 25.8 Å². The molecule has 94 valence electrons. The molecule has 17 heavy (non-hydrogen) atoms. The molecular formula is C12H18FN3O. The van der Waals surface area contributed by atoms with Crippen molar-refractivity contribution in [1.82, 2.24) is 15.6 Å². The van der Waals surface area contributed by atoms with Gasteiger partial charge in [-0.25, -0.2) is 4.39 Å². The van der Waals surface area contributed by atoms with Crippen molar-refractivity contribution in [3.63, 3.8) is 0 Å². The van der Waals surface area contributed by atoms with Crippen molar-refractivity contribution < 1.29 is 9.18 Å². The fourth-order valence-electron chi connectivity index (χ4n) is 1.32. The third-order valence-corrected chi connectivity index (χ3v) is 2.32. The largest absolute Gasteiger partial charge is 0.355 e. The zero-order valence-corrected chi connectivity index (χ0v) is 10.2. The van der Waals surface area contributed by atoms with E-state index in [2.05, 4.69) is 15.6 Å². The molecule has 0 aliphatic rings. The van der Waals surface area contributed by atoms with E-state index >= 15 is 0 Å². The quantitative estimate of drug-likeness (QED) is 0.785. The van der Waals surface area contributed by atoms with Gasteiger partial charge in [-0.1, -0.05) is 6.92 Å². The molecule has 0 radical (unpaired) electrons. The van der Waals surface area contributed by atoms with Crippen LogP contribution in [0.2, 0.25) is 0 Å². The Kier molecular flexibility index (Phi) is 5.56. The van der Waals surface area contributed by atoms with E-state index in [9.17, 15) is 9.18 Å². The monoisotopic (exact) mass is 239 g/mol. The molecule has 0 aliphatic carbocycles. The topological polar surface area (TPSA) is 54.0 Å². The van der Waals surface area contributed by atoms with Gasteiger partial charge < -0.3 is 10.6 Å². The van der Waals surface area contributed by atoms with Crippen molar-refractivity contribution in [2.45, 2.75) is 32.9 Å². The lowest BCUT2D eigenvalue weighted by atomic mass is 10.2. The Morgan fingerprint density at radius 1 is 1.53 bits per heavy atom. The van der Waals surface area contributed by atoms with Gasteiger partial charge in [0.05, 0.1) is 12.2 Å². The van der Waals surface area contributed by atoms with Crippen molar-refractivity contribution >= 4 is 5.91 Å². The van der Waals surface area contributed by atoms with E-state index in [0.717, 1.165) is 18.2 Å². The van der Waals surface area contributed by atoms with Gasteiger partial charge in [-0.2, -0.15) is 0 Å². The highest BCUT2D eigenvalue weighted by Crippen LogP contribution is 2.00. The molecule has 0 saturated carbocycles. The highest BCUT2D eigenvalue weighted by molar-refractivity contribution is 5.81. The Morgan fingerprint density at radius 3 is 2.94 bits per heavy atom. The summed E-state index contributed by atoms with van der Waals surface area (Å²) >= 11 is 0. The lowest BCUT2D eigenvalue weighted by Gasteiger charge is -2.13. The summed E-state index contributed by atoms with van der Waals surface area (Å²) in [4.78, 5) is 15.3. The van der Waals surface area contributed by atoms with Gasteiger partial charge in [0.1, 0.15) is 5.82 Å². The van der Waals surface area contributed by atoms with Crippen molar-refractivity contribution in [1.29, 1.82) is 0 Å². The number of hydrogen-bond acceptors (Lipinski definition) is 3. The van der Waals surface area contributed by atoms with E-state index < -0.39 is 0 Å². The van der Waals surface area contributed by atoms with Crippen molar-refractivity contribution in [2.24, 2.45) is 0 Å². The van der Waals surface area contributed by atoms with Gasteiger partial charge in [-0.05, 0) is 25.0 Å². The van der Waals surface area contributed by atoms with Crippen molar-refractivity contribution in [2.75, 3.05) is 6.54 Å². The fourth-order valence-corrected chi connectivity index (χ4v) is 1.32. The number of aromatic nitrogens is 1. The Labute approximate surface area is 101 Å². The van der Waals surface area contributed by atoms with E-state index in [0.29, 0.717) is 13.1 Å². The molecule has 0 aliphatic heterocycles. The van der Waals surface area contributed by atoms with Gasteiger partial charge in [0.25, 0.3) is 0 Å². The number of carbonyl (C=O) groups excluding carboxylic acids is 1. The predicted molar refractivity (Wildman–Crippen MR) is 63.8 cm³/mol. The number of pyridine rings is 1. The van der Waals surface area contributed by atoms with Crippen LogP contribution in [-0.2, 0) is 11.3 Å². The van der Waals surface area contributed by atoms with Crippen LogP contribution in [0.25, 0.3) is 0 Å². The number of carbonyl (C=O) groups is 1. The molecule has 0 spiro atoms. The van der Waals surface area contributed by atoms with Gasteiger partial charge in [-0.15, -0.1) is 0 Å². The minimum atomic E-state index is -0.368. The van der Waals surface area contributed by atoms with Gasteiger partial charge in [-0.3, -0.25) is 9.78 Å². The van der Waals surface area contributed by atoms with Gasteiger partial charge in [0.15, 0.2) is 0 Å². The number of hydrogen-bond donors (Lipinski definition) is 2. The number of nitrogens with one attached hydrogen (secondary N) is 2. The molecule has 1 amide bonds. The second-order valence-electron chi connectivity index (χ2n) is 3.91. The summed E-state index contributed by atoms with van der Waals surface area (Å²) in [6.45, 7) is 4.87. The summed E-state index contributed by atoms with van der Waals surface area (Å²) in [7, 11) is 0. The van der Waals surface area contributed by atoms with Gasteiger partial charge in [0, 0.05) is 19.3 Å². The summed E-state index contributed by atoms with van der Waals surface area (Å²) in [6.07, 6.45) is 3.64. The maximum absolute atomic E-state index is 12.8. The summed E-state index contributed by atoms with van der Waals surface area (Å²) in [5.41, 5.74) is 0.722. The van der Waals surface area contributed by atoms with Gasteiger partial charge >= 0.3 is 0 Å². The third-order valence-electron chi connectivity index (χ3n) is 2.32. The first-order valence-electron chi connectivity index (χ1n) is 5.74. The average molecular weight is 239 g/mol. The molecule has 5 heteroatoms. The number of amides is 1. The first-order valence-corrected chi connectivity index (χ1v) is 5.74. The highest BCUT2D eigenvalue weighted by atomic mass is 19.1. The van der Waals surface area contributed by atoms with Crippen LogP contribution in [0.3, 0.4) is 0 Å². The maximum atomic E-state index is 12.8. The molecule has 0 fully saturated rings. The number of rotatable bonds is 6. The molecule has 1 heterocycles. The molecule has 1 rings (SSSR count). The van der Waals surface area contributed by atoms with E-state index in [4.69, 9.17) is 0 Å². The summed E-state index contributed by atoms with van der Waals surface area (Å²) in [5, 5.41) is 5.80.